The molecule has 1 aromatic heterocycles. The van der Waals surface area contributed by atoms with E-state index in [-0.39, 0.29) is 28.3 Å². The second-order valence-electron chi connectivity index (χ2n) is 7.21. The Morgan fingerprint density at radius 1 is 0.500 bits per heavy atom. The summed E-state index contributed by atoms with van der Waals surface area (Å²) in [5.74, 6) is -2.96. The van der Waals surface area contributed by atoms with Crippen LogP contribution in [0.1, 0.15) is 11.1 Å². The minimum absolute atomic E-state index is 0.00358. The molecular formula is C24H12F8N2. The van der Waals surface area contributed by atoms with Crippen LogP contribution in [0.25, 0.3) is 33.9 Å². The minimum atomic E-state index is -4.98. The second kappa shape index (κ2) is 8.51. The molecule has 0 radical (unpaired) electrons. The molecule has 0 aliphatic heterocycles. The van der Waals surface area contributed by atoms with E-state index in [0.717, 1.165) is 18.2 Å². The van der Waals surface area contributed by atoms with Gasteiger partial charge in [0.25, 0.3) is 0 Å². The Bertz CT molecular complexity index is 1260. The lowest BCUT2D eigenvalue weighted by molar-refractivity contribution is -0.140. The number of hydrogen-bond donors (Lipinski definition) is 0. The predicted octanol–water partition coefficient (Wildman–Crippen LogP) is 7.79. The molecule has 0 amide bonds. The van der Waals surface area contributed by atoms with Gasteiger partial charge in [-0.2, -0.15) is 26.3 Å². The number of benzene rings is 3. The zero-order valence-electron chi connectivity index (χ0n) is 16.8. The maximum atomic E-state index is 13.8. The summed E-state index contributed by atoms with van der Waals surface area (Å²) in [6.45, 7) is 0. The summed E-state index contributed by atoms with van der Waals surface area (Å²) >= 11 is 0. The predicted molar refractivity (Wildman–Crippen MR) is 108 cm³/mol. The van der Waals surface area contributed by atoms with Gasteiger partial charge in [-0.1, -0.05) is 30.3 Å². The molecular weight excluding hydrogens is 468 g/mol. The number of halogens is 8. The summed E-state index contributed by atoms with van der Waals surface area (Å²) in [6.07, 6.45) is -9.95. The van der Waals surface area contributed by atoms with Crippen LogP contribution >= 0.6 is 0 Å². The lowest BCUT2D eigenvalue weighted by atomic mass is 10.0. The van der Waals surface area contributed by atoms with Crippen molar-refractivity contribution in [3.05, 3.63) is 95.6 Å². The van der Waals surface area contributed by atoms with Crippen LogP contribution in [0.2, 0.25) is 0 Å². The van der Waals surface area contributed by atoms with E-state index in [9.17, 15) is 35.1 Å². The highest BCUT2D eigenvalue weighted by Crippen LogP contribution is 2.37. The van der Waals surface area contributed by atoms with E-state index in [2.05, 4.69) is 9.97 Å². The molecule has 0 bridgehead atoms. The third-order valence-corrected chi connectivity index (χ3v) is 4.89. The first-order valence-corrected chi connectivity index (χ1v) is 9.62. The van der Waals surface area contributed by atoms with Crippen LogP contribution in [0.15, 0.2) is 72.8 Å². The van der Waals surface area contributed by atoms with Crippen molar-refractivity contribution >= 4 is 0 Å². The van der Waals surface area contributed by atoms with E-state index < -0.39 is 35.1 Å². The first-order chi connectivity index (χ1) is 15.9. The van der Waals surface area contributed by atoms with Crippen LogP contribution in [-0.4, -0.2) is 9.97 Å². The monoisotopic (exact) mass is 480 g/mol. The molecule has 0 spiro atoms. The molecule has 0 saturated heterocycles. The van der Waals surface area contributed by atoms with Gasteiger partial charge in [-0.3, -0.25) is 0 Å². The van der Waals surface area contributed by atoms with Gasteiger partial charge in [0, 0.05) is 16.7 Å². The number of aromatic nitrogens is 2. The summed E-state index contributed by atoms with van der Waals surface area (Å²) < 4.78 is 107. The number of rotatable bonds is 3. The average Bonchev–Trinajstić information content (AvgIpc) is 2.78. The lowest BCUT2D eigenvalue weighted by Gasteiger charge is -2.13. The van der Waals surface area contributed by atoms with E-state index >= 15 is 0 Å². The van der Waals surface area contributed by atoms with E-state index in [1.807, 2.05) is 0 Å². The normalized spacial score (nSPS) is 12.1. The van der Waals surface area contributed by atoms with E-state index in [1.54, 1.807) is 30.3 Å². The quantitative estimate of drug-likeness (QED) is 0.280. The molecule has 2 nitrogen and oxygen atoms in total. The van der Waals surface area contributed by atoms with E-state index in [0.29, 0.717) is 29.8 Å². The molecule has 0 fully saturated rings. The Kier molecular flexibility index (Phi) is 5.84. The average molecular weight is 480 g/mol. The fourth-order valence-corrected chi connectivity index (χ4v) is 3.26. The first kappa shape index (κ1) is 23.3. The van der Waals surface area contributed by atoms with Gasteiger partial charge in [0.1, 0.15) is 11.6 Å². The van der Waals surface area contributed by atoms with Gasteiger partial charge < -0.3 is 0 Å². The summed E-state index contributed by atoms with van der Waals surface area (Å²) in [5.41, 5.74) is -3.05. The van der Waals surface area contributed by atoms with Crippen LogP contribution < -0.4 is 0 Å². The Morgan fingerprint density at radius 2 is 0.941 bits per heavy atom. The Balaban J connectivity index is 1.95. The Morgan fingerprint density at radius 3 is 1.35 bits per heavy atom. The highest BCUT2D eigenvalue weighted by molar-refractivity contribution is 5.72. The minimum Gasteiger partial charge on any atom is -0.228 e. The van der Waals surface area contributed by atoms with Crippen molar-refractivity contribution in [2.24, 2.45) is 0 Å². The molecule has 174 valence electrons. The summed E-state index contributed by atoms with van der Waals surface area (Å²) in [5, 5.41) is 0. The summed E-state index contributed by atoms with van der Waals surface area (Å²) in [7, 11) is 0. The molecule has 10 heteroatoms. The SMILES string of the molecule is Fc1ccc(-c2cc(-c3ccc(F)c(C(F)(F)F)c3)nc(-c3ccccc3)n2)cc1C(F)(F)F. The molecule has 0 aliphatic rings. The van der Waals surface area contributed by atoms with Crippen molar-refractivity contribution in [3.8, 4) is 33.9 Å². The van der Waals surface area contributed by atoms with Crippen LogP contribution in [0.4, 0.5) is 35.1 Å². The van der Waals surface area contributed by atoms with Gasteiger partial charge >= 0.3 is 12.4 Å². The number of hydrogen-bond acceptors (Lipinski definition) is 2. The Labute approximate surface area is 187 Å². The van der Waals surface area contributed by atoms with Crippen LogP contribution in [-0.2, 0) is 12.4 Å². The third kappa shape index (κ3) is 4.75. The molecule has 1 heterocycles. The molecule has 0 saturated carbocycles. The highest BCUT2D eigenvalue weighted by atomic mass is 19.4. The Hall–Kier alpha value is -3.82. The van der Waals surface area contributed by atoms with Crippen LogP contribution in [0, 0.1) is 11.6 Å². The molecule has 0 aliphatic carbocycles. The zero-order chi connectivity index (χ0) is 24.7. The maximum absolute atomic E-state index is 13.8. The molecule has 0 N–H and O–H groups in total. The van der Waals surface area contributed by atoms with Crippen molar-refractivity contribution in [3.63, 3.8) is 0 Å². The van der Waals surface area contributed by atoms with Crippen molar-refractivity contribution in [1.29, 1.82) is 0 Å². The molecule has 3 aromatic carbocycles. The molecule has 34 heavy (non-hydrogen) atoms. The number of nitrogens with zero attached hydrogens (tertiary/aromatic N) is 2. The van der Waals surface area contributed by atoms with Crippen LogP contribution in [0.5, 0.6) is 0 Å². The lowest BCUT2D eigenvalue weighted by Crippen LogP contribution is -2.09. The first-order valence-electron chi connectivity index (χ1n) is 9.62. The smallest absolute Gasteiger partial charge is 0.228 e. The maximum Gasteiger partial charge on any atom is 0.419 e. The standard InChI is InChI=1S/C24H12F8N2/c25-18-8-6-14(10-16(18)23(27,28)29)20-12-21(34-22(33-20)13-4-2-1-3-5-13)15-7-9-19(26)17(11-15)24(30,31)32/h1-12H. The van der Waals surface area contributed by atoms with Gasteiger partial charge in [0.15, 0.2) is 5.82 Å². The largest absolute Gasteiger partial charge is 0.419 e. The highest BCUT2D eigenvalue weighted by Gasteiger charge is 2.35. The van der Waals surface area contributed by atoms with Gasteiger partial charge in [-0.15, -0.1) is 0 Å². The zero-order valence-corrected chi connectivity index (χ0v) is 16.8. The third-order valence-electron chi connectivity index (χ3n) is 4.89. The molecule has 0 atom stereocenters. The second-order valence-corrected chi connectivity index (χ2v) is 7.21. The number of alkyl halides is 6. The molecule has 4 rings (SSSR count). The van der Waals surface area contributed by atoms with Gasteiger partial charge in [-0.25, -0.2) is 18.7 Å². The van der Waals surface area contributed by atoms with Gasteiger partial charge in [0.2, 0.25) is 0 Å². The van der Waals surface area contributed by atoms with Gasteiger partial charge in [0.05, 0.1) is 22.5 Å². The molecule has 4 aromatic rings. The van der Waals surface area contributed by atoms with Crippen molar-refractivity contribution in [1.82, 2.24) is 9.97 Å². The van der Waals surface area contributed by atoms with E-state index in [1.165, 1.54) is 0 Å². The fraction of sp³-hybridized carbons (Fsp3) is 0.0833. The van der Waals surface area contributed by atoms with Crippen LogP contribution in [0.3, 0.4) is 0 Å². The van der Waals surface area contributed by atoms with Crippen molar-refractivity contribution < 1.29 is 35.1 Å². The van der Waals surface area contributed by atoms with Crippen molar-refractivity contribution in [2.45, 2.75) is 12.4 Å². The van der Waals surface area contributed by atoms with Crippen molar-refractivity contribution in [2.75, 3.05) is 0 Å². The van der Waals surface area contributed by atoms with E-state index in [4.69, 9.17) is 0 Å². The van der Waals surface area contributed by atoms with Gasteiger partial charge in [-0.05, 0) is 42.5 Å². The summed E-state index contributed by atoms with van der Waals surface area (Å²) in [4.78, 5) is 8.49. The summed E-state index contributed by atoms with van der Waals surface area (Å²) in [6, 6.07) is 13.8. The fourth-order valence-electron chi connectivity index (χ4n) is 3.26. The molecule has 0 unspecified atom stereocenters. The topological polar surface area (TPSA) is 25.8 Å².